The van der Waals surface area contributed by atoms with Crippen molar-refractivity contribution in [1.82, 2.24) is 10.2 Å². The van der Waals surface area contributed by atoms with E-state index in [9.17, 15) is 14.0 Å². The van der Waals surface area contributed by atoms with E-state index in [1.54, 1.807) is 0 Å². The molecule has 0 aliphatic carbocycles. The number of carbonyl (C=O) groups excluding carboxylic acids is 2. The number of carbonyl (C=O) groups is 2. The molecule has 0 saturated heterocycles. The number of anilines is 1. The smallest absolute Gasteiger partial charge is 0.340 e. The zero-order valence-corrected chi connectivity index (χ0v) is 15.9. The van der Waals surface area contributed by atoms with Crippen molar-refractivity contribution in [3.05, 3.63) is 59.4 Å². The van der Waals surface area contributed by atoms with E-state index < -0.39 is 11.8 Å². The largest absolute Gasteiger partial charge is 0.465 e. The number of nitrogens with zero attached hydrogens (tertiary/aromatic N) is 2. The highest BCUT2D eigenvalue weighted by atomic mass is 32.2. The number of rotatable bonds is 6. The summed E-state index contributed by atoms with van der Waals surface area (Å²) in [4.78, 5) is 23.6. The van der Waals surface area contributed by atoms with Crippen LogP contribution in [0.15, 0.2) is 52.1 Å². The summed E-state index contributed by atoms with van der Waals surface area (Å²) < 4.78 is 23.7. The third kappa shape index (κ3) is 4.74. The average molecular weight is 401 g/mol. The van der Waals surface area contributed by atoms with Crippen LogP contribution < -0.4 is 5.32 Å². The second-order valence-corrected chi connectivity index (χ2v) is 6.69. The summed E-state index contributed by atoms with van der Waals surface area (Å²) in [5, 5.41) is 10.7. The van der Waals surface area contributed by atoms with Gasteiger partial charge in [-0.1, -0.05) is 29.5 Å². The fraction of sp³-hybridized carbons (Fsp3) is 0.158. The van der Waals surface area contributed by atoms with Crippen LogP contribution in [-0.2, 0) is 9.53 Å². The third-order valence-corrected chi connectivity index (χ3v) is 4.51. The summed E-state index contributed by atoms with van der Waals surface area (Å²) in [5.74, 6) is -1.56. The van der Waals surface area contributed by atoms with Gasteiger partial charge < -0.3 is 14.5 Å². The lowest BCUT2D eigenvalue weighted by molar-refractivity contribution is -0.113. The van der Waals surface area contributed by atoms with Gasteiger partial charge in [0.2, 0.25) is 11.8 Å². The molecule has 9 heteroatoms. The molecule has 0 radical (unpaired) electrons. The van der Waals surface area contributed by atoms with Crippen LogP contribution in [0.2, 0.25) is 0 Å². The number of amides is 1. The van der Waals surface area contributed by atoms with Crippen molar-refractivity contribution in [2.75, 3.05) is 18.2 Å². The number of esters is 1. The van der Waals surface area contributed by atoms with Gasteiger partial charge in [-0.3, -0.25) is 4.79 Å². The van der Waals surface area contributed by atoms with E-state index in [1.165, 1.54) is 12.1 Å². The van der Waals surface area contributed by atoms with Crippen LogP contribution in [0.3, 0.4) is 0 Å². The highest BCUT2D eigenvalue weighted by molar-refractivity contribution is 7.99. The van der Waals surface area contributed by atoms with Gasteiger partial charge in [0, 0.05) is 11.3 Å². The Morgan fingerprint density at radius 3 is 2.64 bits per heavy atom. The molecule has 0 fully saturated rings. The van der Waals surface area contributed by atoms with Gasteiger partial charge in [-0.05, 0) is 37.3 Å². The van der Waals surface area contributed by atoms with E-state index >= 15 is 0 Å². The summed E-state index contributed by atoms with van der Waals surface area (Å²) in [5.41, 5.74) is 1.92. The maximum absolute atomic E-state index is 13.6. The van der Waals surface area contributed by atoms with Gasteiger partial charge in [0.1, 0.15) is 5.82 Å². The highest BCUT2D eigenvalue weighted by Gasteiger charge is 2.15. The SMILES string of the molecule is COC(=O)c1cc(NC(=O)CSc2nnc(-c3ccc(C)cc3)o2)ccc1F. The van der Waals surface area contributed by atoms with E-state index in [1.807, 2.05) is 31.2 Å². The number of halogens is 1. The Morgan fingerprint density at radius 2 is 1.93 bits per heavy atom. The van der Waals surface area contributed by atoms with Crippen LogP contribution >= 0.6 is 11.8 Å². The normalized spacial score (nSPS) is 10.5. The molecular formula is C19H16FN3O4S. The third-order valence-electron chi connectivity index (χ3n) is 3.69. The predicted molar refractivity (Wildman–Crippen MR) is 102 cm³/mol. The fourth-order valence-corrected chi connectivity index (χ4v) is 2.84. The van der Waals surface area contributed by atoms with E-state index in [-0.39, 0.29) is 28.1 Å². The second-order valence-electron chi connectivity index (χ2n) is 5.76. The number of hydrogen-bond acceptors (Lipinski definition) is 7. The Morgan fingerprint density at radius 1 is 1.18 bits per heavy atom. The zero-order valence-electron chi connectivity index (χ0n) is 15.1. The Hall–Kier alpha value is -3.20. The Balaban J connectivity index is 1.59. The molecule has 3 aromatic rings. The van der Waals surface area contributed by atoms with E-state index in [2.05, 4.69) is 20.3 Å². The summed E-state index contributed by atoms with van der Waals surface area (Å²) >= 11 is 1.07. The molecule has 1 N–H and O–H groups in total. The average Bonchev–Trinajstić information content (AvgIpc) is 3.17. The maximum atomic E-state index is 13.6. The highest BCUT2D eigenvalue weighted by Crippen LogP contribution is 2.24. The first-order valence-electron chi connectivity index (χ1n) is 8.17. The molecule has 0 aliphatic heterocycles. The number of hydrogen-bond donors (Lipinski definition) is 1. The minimum atomic E-state index is -0.822. The Kier molecular flexibility index (Phi) is 6.05. The fourth-order valence-electron chi connectivity index (χ4n) is 2.27. The number of nitrogens with one attached hydrogen (secondary N) is 1. The molecule has 0 saturated carbocycles. The molecule has 3 rings (SSSR count). The van der Waals surface area contributed by atoms with Gasteiger partial charge in [-0.2, -0.15) is 0 Å². The van der Waals surface area contributed by atoms with Crippen LogP contribution in [0.5, 0.6) is 0 Å². The first kappa shape index (κ1) is 19.6. The van der Waals surface area contributed by atoms with E-state index in [0.717, 1.165) is 36.1 Å². The van der Waals surface area contributed by atoms with E-state index in [4.69, 9.17) is 4.42 Å². The minimum Gasteiger partial charge on any atom is -0.465 e. The van der Waals surface area contributed by atoms with Crippen molar-refractivity contribution < 1.29 is 23.1 Å². The van der Waals surface area contributed by atoms with Gasteiger partial charge in [-0.15, -0.1) is 10.2 Å². The lowest BCUT2D eigenvalue weighted by Gasteiger charge is -2.07. The number of thioether (sulfide) groups is 1. The second kappa shape index (κ2) is 8.66. The van der Waals surface area contributed by atoms with Gasteiger partial charge in [0.15, 0.2) is 0 Å². The summed E-state index contributed by atoms with van der Waals surface area (Å²) in [6.07, 6.45) is 0. The quantitative estimate of drug-likeness (QED) is 0.497. The summed E-state index contributed by atoms with van der Waals surface area (Å²) in [6.45, 7) is 1.98. The standard InChI is InChI=1S/C19H16FN3O4S/c1-11-3-5-12(6-4-11)17-22-23-19(27-17)28-10-16(24)21-13-7-8-15(20)14(9-13)18(25)26-2/h3-9H,10H2,1-2H3,(H,21,24). The molecule has 144 valence electrons. The van der Waals surface area contributed by atoms with Crippen LogP contribution in [0.1, 0.15) is 15.9 Å². The Labute approximate surface area is 164 Å². The summed E-state index contributed by atoms with van der Waals surface area (Å²) in [7, 11) is 1.15. The molecular weight excluding hydrogens is 385 g/mol. The molecule has 1 aromatic heterocycles. The van der Waals surface area contributed by atoms with Crippen molar-refractivity contribution in [3.8, 4) is 11.5 Å². The minimum absolute atomic E-state index is 0.000461. The van der Waals surface area contributed by atoms with Gasteiger partial charge in [-0.25, -0.2) is 9.18 Å². The molecule has 7 nitrogen and oxygen atoms in total. The van der Waals surface area contributed by atoms with Crippen molar-refractivity contribution >= 4 is 29.3 Å². The van der Waals surface area contributed by atoms with Crippen molar-refractivity contribution in [1.29, 1.82) is 0 Å². The Bertz CT molecular complexity index is 1000. The first-order chi connectivity index (χ1) is 13.5. The lowest BCUT2D eigenvalue weighted by Crippen LogP contribution is -2.15. The first-order valence-corrected chi connectivity index (χ1v) is 9.16. The summed E-state index contributed by atoms with van der Waals surface area (Å²) in [6, 6.07) is 11.3. The predicted octanol–water partition coefficient (Wildman–Crippen LogP) is 3.70. The van der Waals surface area contributed by atoms with Crippen molar-refractivity contribution in [2.24, 2.45) is 0 Å². The molecule has 1 amide bonds. The van der Waals surface area contributed by atoms with Crippen molar-refractivity contribution in [3.63, 3.8) is 0 Å². The number of aryl methyl sites for hydroxylation is 1. The number of methoxy groups -OCH3 is 1. The molecule has 1 heterocycles. The number of benzene rings is 2. The van der Waals surface area contributed by atoms with Crippen molar-refractivity contribution in [2.45, 2.75) is 12.1 Å². The molecule has 0 spiro atoms. The maximum Gasteiger partial charge on any atom is 0.340 e. The molecule has 0 bridgehead atoms. The topological polar surface area (TPSA) is 94.3 Å². The van der Waals surface area contributed by atoms with Crippen LogP contribution in [0.25, 0.3) is 11.5 Å². The van der Waals surface area contributed by atoms with Crippen LogP contribution in [0.4, 0.5) is 10.1 Å². The van der Waals surface area contributed by atoms with Gasteiger partial charge in [0.25, 0.3) is 5.22 Å². The van der Waals surface area contributed by atoms with Crippen LogP contribution in [0, 0.1) is 12.7 Å². The number of aromatic nitrogens is 2. The number of ether oxygens (including phenoxy) is 1. The van der Waals surface area contributed by atoms with Gasteiger partial charge >= 0.3 is 5.97 Å². The molecule has 2 aromatic carbocycles. The van der Waals surface area contributed by atoms with Gasteiger partial charge in [0.05, 0.1) is 18.4 Å². The zero-order chi connectivity index (χ0) is 20.1. The molecule has 0 aliphatic rings. The lowest BCUT2D eigenvalue weighted by atomic mass is 10.1. The van der Waals surface area contributed by atoms with Crippen LogP contribution in [-0.4, -0.2) is 34.9 Å². The van der Waals surface area contributed by atoms with E-state index in [0.29, 0.717) is 5.89 Å². The molecule has 28 heavy (non-hydrogen) atoms. The monoisotopic (exact) mass is 401 g/mol. The molecule has 0 atom stereocenters. The molecule has 0 unspecified atom stereocenters.